The molecule has 0 unspecified atom stereocenters. The van der Waals surface area contributed by atoms with Crippen molar-refractivity contribution in [2.75, 3.05) is 5.32 Å². The van der Waals surface area contributed by atoms with Crippen LogP contribution in [-0.4, -0.2) is 33.8 Å². The van der Waals surface area contributed by atoms with Gasteiger partial charge in [0, 0.05) is 34.8 Å². The van der Waals surface area contributed by atoms with Gasteiger partial charge < -0.3 is 15.0 Å². The van der Waals surface area contributed by atoms with Gasteiger partial charge in [-0.1, -0.05) is 18.2 Å². The maximum atomic E-state index is 12.7. The zero-order valence-electron chi connectivity index (χ0n) is 15.7. The molecule has 0 bridgehead atoms. The summed E-state index contributed by atoms with van der Waals surface area (Å²) >= 11 is 0. The average molecular weight is 393 g/mol. The van der Waals surface area contributed by atoms with E-state index in [1.165, 1.54) is 25.1 Å². The fourth-order valence-electron chi connectivity index (χ4n) is 3.16. The van der Waals surface area contributed by atoms with Gasteiger partial charge in [-0.25, -0.2) is 4.79 Å². The number of carbonyl (C=O) groups excluding carboxylic acids is 2. The molecule has 2 N–H and O–H groups in total. The Morgan fingerprint density at radius 2 is 2.00 bits per heavy atom. The normalized spacial score (nSPS) is 14.4. The summed E-state index contributed by atoms with van der Waals surface area (Å²) in [4.78, 5) is 39.1. The lowest BCUT2D eigenvalue weighted by molar-refractivity contribution is -0.384. The number of hydrogen-bond acceptors (Lipinski definition) is 6. The predicted octanol–water partition coefficient (Wildman–Crippen LogP) is 4.08. The predicted molar refractivity (Wildman–Crippen MR) is 107 cm³/mol. The molecule has 0 aliphatic heterocycles. The first kappa shape index (κ1) is 18.7. The second-order valence-corrected chi connectivity index (χ2v) is 7.07. The van der Waals surface area contributed by atoms with Gasteiger partial charge in [-0.05, 0) is 38.0 Å². The molecule has 1 atom stereocenters. The molecule has 1 heterocycles. The number of nitro groups is 1. The van der Waals surface area contributed by atoms with Gasteiger partial charge in [0.05, 0.1) is 10.5 Å². The van der Waals surface area contributed by atoms with Crippen LogP contribution in [0.15, 0.2) is 48.7 Å². The Balaban J connectivity index is 1.51. The smallest absolute Gasteiger partial charge is 0.339 e. The summed E-state index contributed by atoms with van der Waals surface area (Å²) in [6.07, 6.45) is 2.48. The Hall–Kier alpha value is -3.68. The van der Waals surface area contributed by atoms with Crippen molar-refractivity contribution < 1.29 is 19.2 Å². The first-order valence-corrected chi connectivity index (χ1v) is 9.30. The van der Waals surface area contributed by atoms with E-state index >= 15 is 0 Å². The molecule has 148 valence electrons. The summed E-state index contributed by atoms with van der Waals surface area (Å²) in [7, 11) is 0. The van der Waals surface area contributed by atoms with Crippen LogP contribution in [0, 0.1) is 10.1 Å². The molecule has 0 spiro atoms. The largest absolute Gasteiger partial charge is 0.451 e. The molecule has 1 saturated carbocycles. The maximum absolute atomic E-state index is 12.7. The van der Waals surface area contributed by atoms with Crippen LogP contribution in [0.2, 0.25) is 0 Å². The Morgan fingerprint density at radius 1 is 1.24 bits per heavy atom. The Morgan fingerprint density at radius 3 is 2.72 bits per heavy atom. The SMILES string of the molecule is C[C@H](OC(=O)c1ccc(NC2CC2)c([N+](=O)[O-])c1)C(=O)c1c[nH]c2ccccc12. The fourth-order valence-corrected chi connectivity index (χ4v) is 3.16. The molecule has 0 radical (unpaired) electrons. The highest BCUT2D eigenvalue weighted by Crippen LogP contribution is 2.32. The minimum atomic E-state index is -1.04. The zero-order valence-corrected chi connectivity index (χ0v) is 15.7. The van der Waals surface area contributed by atoms with Gasteiger partial charge in [0.25, 0.3) is 5.69 Å². The van der Waals surface area contributed by atoms with Crippen molar-refractivity contribution in [3.05, 3.63) is 69.9 Å². The van der Waals surface area contributed by atoms with E-state index in [2.05, 4.69) is 10.3 Å². The number of para-hydroxylation sites is 1. The van der Waals surface area contributed by atoms with Crippen LogP contribution in [-0.2, 0) is 4.74 Å². The summed E-state index contributed by atoms with van der Waals surface area (Å²) in [5.74, 6) is -1.14. The number of ether oxygens (including phenoxy) is 1. The second-order valence-electron chi connectivity index (χ2n) is 7.07. The van der Waals surface area contributed by atoms with E-state index in [1.807, 2.05) is 24.3 Å². The van der Waals surface area contributed by atoms with Crippen molar-refractivity contribution in [1.29, 1.82) is 0 Å². The molecule has 1 aliphatic rings. The molecular formula is C21H19N3O5. The molecule has 2 aromatic carbocycles. The molecular weight excluding hydrogens is 374 g/mol. The zero-order chi connectivity index (χ0) is 20.5. The number of ketones is 1. The summed E-state index contributed by atoms with van der Waals surface area (Å²) in [6, 6.07) is 11.7. The molecule has 8 heteroatoms. The highest BCUT2D eigenvalue weighted by Gasteiger charge is 2.27. The number of nitrogens with zero attached hydrogens (tertiary/aromatic N) is 1. The molecule has 4 rings (SSSR count). The summed E-state index contributed by atoms with van der Waals surface area (Å²) in [6.45, 7) is 1.49. The van der Waals surface area contributed by atoms with Crippen molar-refractivity contribution in [2.45, 2.75) is 31.9 Å². The lowest BCUT2D eigenvalue weighted by Crippen LogP contribution is -2.24. The number of rotatable bonds is 7. The number of hydrogen-bond donors (Lipinski definition) is 2. The van der Waals surface area contributed by atoms with Crippen molar-refractivity contribution in [1.82, 2.24) is 4.98 Å². The molecule has 1 aromatic heterocycles. The van der Waals surface area contributed by atoms with Crippen LogP contribution in [0.5, 0.6) is 0 Å². The standard InChI is InChI=1S/C21H19N3O5/c1-12(20(25)16-11-22-17-5-3-2-4-15(16)17)29-21(26)13-6-9-18(23-14-7-8-14)19(10-13)24(27)28/h2-6,9-12,14,22-23H,7-8H2,1H3/t12-/m0/s1. The Labute approximate surface area is 166 Å². The van der Waals surface area contributed by atoms with Gasteiger partial charge in [-0.3, -0.25) is 14.9 Å². The number of H-pyrrole nitrogens is 1. The number of fused-ring (bicyclic) bond motifs is 1. The molecule has 3 aromatic rings. The summed E-state index contributed by atoms with van der Waals surface area (Å²) in [5, 5.41) is 15.2. The minimum absolute atomic E-state index is 0.0247. The van der Waals surface area contributed by atoms with E-state index < -0.39 is 17.0 Å². The van der Waals surface area contributed by atoms with Crippen molar-refractivity contribution in [2.24, 2.45) is 0 Å². The monoisotopic (exact) mass is 393 g/mol. The molecule has 8 nitrogen and oxygen atoms in total. The number of carbonyl (C=O) groups is 2. The third kappa shape index (κ3) is 3.82. The highest BCUT2D eigenvalue weighted by molar-refractivity contribution is 6.10. The van der Waals surface area contributed by atoms with Gasteiger partial charge >= 0.3 is 5.97 Å². The number of esters is 1. The molecule has 1 aliphatic carbocycles. The summed E-state index contributed by atoms with van der Waals surface area (Å²) in [5.41, 5.74) is 1.44. The summed E-state index contributed by atoms with van der Waals surface area (Å²) < 4.78 is 5.29. The van der Waals surface area contributed by atoms with E-state index in [4.69, 9.17) is 4.74 Å². The van der Waals surface area contributed by atoms with Gasteiger partial charge in [0.15, 0.2) is 6.10 Å². The number of nitrogens with one attached hydrogen (secondary N) is 2. The van der Waals surface area contributed by atoms with Crippen LogP contribution in [0.3, 0.4) is 0 Å². The molecule has 1 fully saturated rings. The topological polar surface area (TPSA) is 114 Å². The average Bonchev–Trinajstić information content (AvgIpc) is 3.42. The number of nitro benzene ring substituents is 1. The lowest BCUT2D eigenvalue weighted by Gasteiger charge is -2.13. The van der Waals surface area contributed by atoms with Crippen molar-refractivity contribution >= 4 is 34.0 Å². The van der Waals surface area contributed by atoms with Crippen LogP contribution in [0.1, 0.15) is 40.5 Å². The molecule has 0 saturated heterocycles. The van der Waals surface area contributed by atoms with E-state index in [-0.39, 0.29) is 23.1 Å². The quantitative estimate of drug-likeness (QED) is 0.271. The van der Waals surface area contributed by atoms with Crippen LogP contribution >= 0.6 is 0 Å². The maximum Gasteiger partial charge on any atom is 0.339 e. The van der Waals surface area contributed by atoms with Crippen LogP contribution in [0.4, 0.5) is 11.4 Å². The van der Waals surface area contributed by atoms with Crippen molar-refractivity contribution in [3.8, 4) is 0 Å². The highest BCUT2D eigenvalue weighted by atomic mass is 16.6. The van der Waals surface area contributed by atoms with E-state index in [9.17, 15) is 19.7 Å². The van der Waals surface area contributed by atoms with E-state index in [0.29, 0.717) is 11.3 Å². The van der Waals surface area contributed by atoms with Crippen molar-refractivity contribution in [3.63, 3.8) is 0 Å². The molecule has 0 amide bonds. The lowest BCUT2D eigenvalue weighted by atomic mass is 10.1. The van der Waals surface area contributed by atoms with Crippen LogP contribution in [0.25, 0.3) is 10.9 Å². The van der Waals surface area contributed by atoms with Gasteiger partial charge in [-0.2, -0.15) is 0 Å². The fraction of sp³-hybridized carbons (Fsp3) is 0.238. The second kappa shape index (κ2) is 7.38. The number of anilines is 1. The number of benzene rings is 2. The first-order chi connectivity index (χ1) is 13.9. The van der Waals surface area contributed by atoms with Gasteiger partial charge in [0.2, 0.25) is 5.78 Å². The third-order valence-electron chi connectivity index (χ3n) is 4.87. The van der Waals surface area contributed by atoms with Gasteiger partial charge in [0.1, 0.15) is 5.69 Å². The van der Waals surface area contributed by atoms with Crippen LogP contribution < -0.4 is 5.32 Å². The Bertz CT molecular complexity index is 1120. The number of Topliss-reactive ketones (excluding diaryl/α,β-unsaturated/α-hetero) is 1. The third-order valence-corrected chi connectivity index (χ3v) is 4.87. The van der Waals surface area contributed by atoms with Gasteiger partial charge in [-0.15, -0.1) is 0 Å². The first-order valence-electron chi connectivity index (χ1n) is 9.30. The Kier molecular flexibility index (Phi) is 4.75. The molecule has 29 heavy (non-hydrogen) atoms. The van der Waals surface area contributed by atoms with E-state index in [0.717, 1.165) is 23.7 Å². The minimum Gasteiger partial charge on any atom is -0.451 e. The number of aromatic nitrogens is 1. The van der Waals surface area contributed by atoms with E-state index in [1.54, 1.807) is 6.20 Å². The number of aromatic amines is 1.